The number of aromatic amines is 1. The van der Waals surface area contributed by atoms with Crippen molar-refractivity contribution in [2.45, 2.75) is 25.8 Å². The number of carbonyl (C=O) groups excluding carboxylic acids is 1. The van der Waals surface area contributed by atoms with E-state index in [4.69, 9.17) is 4.74 Å². The topological polar surface area (TPSA) is 71.2 Å². The second-order valence-electron chi connectivity index (χ2n) is 5.58. The summed E-state index contributed by atoms with van der Waals surface area (Å²) in [7, 11) is 0. The smallest absolute Gasteiger partial charge is 0.260 e. The first kappa shape index (κ1) is 15.3. The lowest BCUT2D eigenvalue weighted by Crippen LogP contribution is -2.32. The Bertz CT molecular complexity index is 801. The van der Waals surface area contributed by atoms with Crippen LogP contribution in [-0.4, -0.2) is 17.5 Å². The number of halogens is 1. The number of nitrogens with one attached hydrogen (secondary N) is 2. The van der Waals surface area contributed by atoms with Crippen LogP contribution >= 0.6 is 0 Å². The van der Waals surface area contributed by atoms with Crippen LogP contribution in [0.5, 0.6) is 5.75 Å². The van der Waals surface area contributed by atoms with Crippen molar-refractivity contribution in [1.29, 1.82) is 0 Å². The second kappa shape index (κ2) is 6.24. The standard InChI is InChI=1S/C17H17FN2O3/c1-10-4-6-12(16(21)19-10)17(22)20-14-3-2-8-23-15-7-5-11(18)9-13(14)15/h4-7,9,14H,2-3,8H2,1H3,(H,19,21)(H,20,22). The van der Waals surface area contributed by atoms with E-state index in [2.05, 4.69) is 10.3 Å². The SMILES string of the molecule is Cc1ccc(C(=O)NC2CCCOc3ccc(F)cc32)c(=O)[nH]1. The molecule has 0 aliphatic carbocycles. The molecule has 0 radical (unpaired) electrons. The van der Waals surface area contributed by atoms with Crippen LogP contribution in [0.1, 0.15) is 40.5 Å². The number of hydrogen-bond acceptors (Lipinski definition) is 3. The van der Waals surface area contributed by atoms with Crippen LogP contribution in [0.2, 0.25) is 0 Å². The second-order valence-corrected chi connectivity index (χ2v) is 5.58. The van der Waals surface area contributed by atoms with Gasteiger partial charge in [0.25, 0.3) is 11.5 Å². The zero-order valence-corrected chi connectivity index (χ0v) is 12.7. The number of fused-ring (bicyclic) bond motifs is 1. The predicted molar refractivity (Wildman–Crippen MR) is 83.1 cm³/mol. The van der Waals surface area contributed by atoms with E-state index in [1.165, 1.54) is 18.2 Å². The molecule has 5 nitrogen and oxygen atoms in total. The number of pyridine rings is 1. The third-order valence-electron chi connectivity index (χ3n) is 3.85. The number of rotatable bonds is 2. The van der Waals surface area contributed by atoms with E-state index in [1.54, 1.807) is 19.1 Å². The van der Waals surface area contributed by atoms with Gasteiger partial charge in [-0.25, -0.2) is 4.39 Å². The maximum atomic E-state index is 13.5. The first-order valence-electron chi connectivity index (χ1n) is 7.47. The van der Waals surface area contributed by atoms with Crippen LogP contribution in [0.3, 0.4) is 0 Å². The zero-order chi connectivity index (χ0) is 16.4. The van der Waals surface area contributed by atoms with E-state index in [0.29, 0.717) is 30.0 Å². The quantitative estimate of drug-likeness (QED) is 0.894. The van der Waals surface area contributed by atoms with Gasteiger partial charge in [0.15, 0.2) is 0 Å². The molecule has 3 rings (SSSR count). The molecule has 6 heteroatoms. The monoisotopic (exact) mass is 316 g/mol. The van der Waals surface area contributed by atoms with E-state index < -0.39 is 17.5 Å². The minimum atomic E-state index is -0.478. The van der Waals surface area contributed by atoms with E-state index in [9.17, 15) is 14.0 Å². The highest BCUT2D eigenvalue weighted by molar-refractivity contribution is 5.94. The number of benzene rings is 1. The molecular weight excluding hydrogens is 299 g/mol. The van der Waals surface area contributed by atoms with Crippen LogP contribution < -0.4 is 15.6 Å². The normalized spacial score (nSPS) is 16.9. The molecule has 1 unspecified atom stereocenters. The Morgan fingerprint density at radius 1 is 1.35 bits per heavy atom. The van der Waals surface area contributed by atoms with Gasteiger partial charge in [-0.15, -0.1) is 0 Å². The summed E-state index contributed by atoms with van der Waals surface area (Å²) in [6, 6.07) is 7.02. The van der Waals surface area contributed by atoms with Crippen molar-refractivity contribution in [2.24, 2.45) is 0 Å². The molecule has 0 spiro atoms. The van der Waals surface area contributed by atoms with Gasteiger partial charge in [0.2, 0.25) is 0 Å². The summed E-state index contributed by atoms with van der Waals surface area (Å²) in [4.78, 5) is 26.9. The first-order valence-corrected chi connectivity index (χ1v) is 7.47. The summed E-state index contributed by atoms with van der Waals surface area (Å²) in [5.41, 5.74) is 0.881. The fourth-order valence-electron chi connectivity index (χ4n) is 2.68. The maximum Gasteiger partial charge on any atom is 0.260 e. The highest BCUT2D eigenvalue weighted by atomic mass is 19.1. The number of amides is 1. The molecular formula is C17H17FN2O3. The third kappa shape index (κ3) is 3.26. The van der Waals surface area contributed by atoms with Crippen molar-refractivity contribution < 1.29 is 13.9 Å². The fraction of sp³-hybridized carbons (Fsp3) is 0.294. The van der Waals surface area contributed by atoms with Crippen LogP contribution in [0, 0.1) is 12.7 Å². The van der Waals surface area contributed by atoms with Gasteiger partial charge < -0.3 is 15.0 Å². The molecule has 2 N–H and O–H groups in total. The Labute approximate surface area is 132 Å². The number of ether oxygens (including phenoxy) is 1. The molecule has 1 atom stereocenters. The summed E-state index contributed by atoms with van der Waals surface area (Å²) in [5.74, 6) is -0.304. The van der Waals surface area contributed by atoms with Crippen molar-refractivity contribution >= 4 is 5.91 Å². The van der Waals surface area contributed by atoms with Crippen LogP contribution in [0.15, 0.2) is 35.1 Å². The largest absolute Gasteiger partial charge is 0.493 e. The molecule has 0 fully saturated rings. The molecule has 1 aliphatic rings. The number of aryl methyl sites for hydroxylation is 1. The lowest BCUT2D eigenvalue weighted by molar-refractivity contribution is 0.0933. The Kier molecular flexibility index (Phi) is 4.14. The van der Waals surface area contributed by atoms with Crippen LogP contribution in [-0.2, 0) is 0 Å². The van der Waals surface area contributed by atoms with Gasteiger partial charge in [-0.3, -0.25) is 9.59 Å². The molecule has 2 heterocycles. The lowest BCUT2D eigenvalue weighted by atomic mass is 10.0. The zero-order valence-electron chi connectivity index (χ0n) is 12.7. The summed E-state index contributed by atoms with van der Waals surface area (Å²) < 4.78 is 19.1. The molecule has 0 bridgehead atoms. The number of carbonyl (C=O) groups is 1. The number of hydrogen-bond donors (Lipinski definition) is 2. The molecule has 1 aromatic heterocycles. The number of aromatic nitrogens is 1. The molecule has 23 heavy (non-hydrogen) atoms. The van der Waals surface area contributed by atoms with Crippen LogP contribution in [0.25, 0.3) is 0 Å². The van der Waals surface area contributed by atoms with Gasteiger partial charge in [0, 0.05) is 11.3 Å². The Morgan fingerprint density at radius 2 is 2.17 bits per heavy atom. The van der Waals surface area contributed by atoms with Gasteiger partial charge in [-0.1, -0.05) is 0 Å². The van der Waals surface area contributed by atoms with Crippen molar-refractivity contribution in [3.8, 4) is 5.75 Å². The van der Waals surface area contributed by atoms with Gasteiger partial charge in [0.1, 0.15) is 17.1 Å². The van der Waals surface area contributed by atoms with Crippen molar-refractivity contribution in [1.82, 2.24) is 10.3 Å². The Morgan fingerprint density at radius 3 is 2.96 bits per heavy atom. The summed E-state index contributed by atoms with van der Waals surface area (Å²) >= 11 is 0. The van der Waals surface area contributed by atoms with Crippen molar-refractivity contribution in [3.05, 3.63) is 63.3 Å². The van der Waals surface area contributed by atoms with Crippen LogP contribution in [0.4, 0.5) is 4.39 Å². The maximum absolute atomic E-state index is 13.5. The summed E-state index contributed by atoms with van der Waals surface area (Å²) in [6.45, 7) is 2.25. The van der Waals surface area contributed by atoms with Gasteiger partial charge >= 0.3 is 0 Å². The van der Waals surface area contributed by atoms with E-state index >= 15 is 0 Å². The highest BCUT2D eigenvalue weighted by Crippen LogP contribution is 2.32. The third-order valence-corrected chi connectivity index (χ3v) is 3.85. The average Bonchev–Trinajstić information content (AvgIpc) is 2.69. The molecule has 1 amide bonds. The van der Waals surface area contributed by atoms with E-state index in [-0.39, 0.29) is 11.4 Å². The fourth-order valence-corrected chi connectivity index (χ4v) is 2.68. The molecule has 1 aromatic carbocycles. The minimum absolute atomic E-state index is 0.0405. The average molecular weight is 316 g/mol. The molecule has 0 saturated carbocycles. The Balaban J connectivity index is 1.89. The minimum Gasteiger partial charge on any atom is -0.493 e. The van der Waals surface area contributed by atoms with Crippen molar-refractivity contribution in [3.63, 3.8) is 0 Å². The highest BCUT2D eigenvalue weighted by Gasteiger charge is 2.23. The first-order chi connectivity index (χ1) is 11.0. The van der Waals surface area contributed by atoms with E-state index in [0.717, 1.165) is 6.42 Å². The summed E-state index contributed by atoms with van der Waals surface area (Å²) in [5, 5.41) is 2.81. The molecule has 1 aliphatic heterocycles. The lowest BCUT2D eigenvalue weighted by Gasteiger charge is -2.18. The predicted octanol–water partition coefficient (Wildman–Crippen LogP) is 2.47. The molecule has 2 aromatic rings. The van der Waals surface area contributed by atoms with Crippen molar-refractivity contribution in [2.75, 3.05) is 6.61 Å². The molecule has 120 valence electrons. The van der Waals surface area contributed by atoms with E-state index in [1.807, 2.05) is 0 Å². The summed E-state index contributed by atoms with van der Waals surface area (Å²) in [6.07, 6.45) is 1.34. The van der Waals surface area contributed by atoms with Gasteiger partial charge in [-0.05, 0) is 50.1 Å². The number of H-pyrrole nitrogens is 1. The van der Waals surface area contributed by atoms with Gasteiger partial charge in [-0.2, -0.15) is 0 Å². The molecule has 0 saturated heterocycles. The Hall–Kier alpha value is -2.63. The van der Waals surface area contributed by atoms with Gasteiger partial charge in [0.05, 0.1) is 12.6 Å².